The summed E-state index contributed by atoms with van der Waals surface area (Å²) in [6, 6.07) is 12.5. The number of benzene rings is 2. The number of rotatable bonds is 5. The lowest BCUT2D eigenvalue weighted by Crippen LogP contribution is -2.35. The molecule has 0 amide bonds. The highest BCUT2D eigenvalue weighted by Crippen LogP contribution is 2.37. The Balaban J connectivity index is 2.06. The average molecular weight is 390 g/mol. The van der Waals surface area contributed by atoms with E-state index < -0.39 is 20.6 Å². The van der Waals surface area contributed by atoms with Gasteiger partial charge in [-0.15, -0.1) is 0 Å². The van der Waals surface area contributed by atoms with Gasteiger partial charge < -0.3 is 4.74 Å². The molecular formula is C19H22N2O5S. The Morgan fingerprint density at radius 2 is 1.78 bits per heavy atom. The van der Waals surface area contributed by atoms with E-state index in [1.165, 1.54) is 28.6 Å². The predicted octanol–water partition coefficient (Wildman–Crippen LogP) is 3.91. The Morgan fingerprint density at radius 1 is 1.07 bits per heavy atom. The number of hydrogen-bond acceptors (Lipinski definition) is 5. The van der Waals surface area contributed by atoms with Gasteiger partial charge in [0.15, 0.2) is 4.90 Å². The minimum atomic E-state index is -4.01. The topological polar surface area (TPSA) is 89.8 Å². The molecule has 27 heavy (non-hydrogen) atoms. The molecule has 8 heteroatoms. The van der Waals surface area contributed by atoms with Crippen molar-refractivity contribution in [1.82, 2.24) is 4.31 Å². The molecule has 0 spiro atoms. The Labute approximate surface area is 158 Å². The van der Waals surface area contributed by atoms with E-state index in [1.54, 1.807) is 19.2 Å². The van der Waals surface area contributed by atoms with Crippen molar-refractivity contribution in [2.24, 2.45) is 0 Å². The summed E-state index contributed by atoms with van der Waals surface area (Å²) < 4.78 is 33.3. The maximum absolute atomic E-state index is 13.4. The van der Waals surface area contributed by atoms with E-state index in [2.05, 4.69) is 0 Å². The van der Waals surface area contributed by atoms with Gasteiger partial charge in [0.25, 0.3) is 5.69 Å². The molecule has 0 saturated carbocycles. The molecule has 0 aliphatic carbocycles. The van der Waals surface area contributed by atoms with Crippen LogP contribution in [0.15, 0.2) is 53.4 Å². The molecule has 0 bridgehead atoms. The van der Waals surface area contributed by atoms with Crippen molar-refractivity contribution in [1.29, 1.82) is 0 Å². The van der Waals surface area contributed by atoms with Gasteiger partial charge in [-0.3, -0.25) is 10.1 Å². The first-order valence-corrected chi connectivity index (χ1v) is 10.3. The zero-order valence-corrected chi connectivity index (χ0v) is 15.9. The van der Waals surface area contributed by atoms with Gasteiger partial charge in [-0.2, -0.15) is 4.31 Å². The first-order chi connectivity index (χ1) is 12.9. The monoisotopic (exact) mass is 390 g/mol. The summed E-state index contributed by atoms with van der Waals surface area (Å²) >= 11 is 0. The van der Waals surface area contributed by atoms with E-state index in [0.29, 0.717) is 18.7 Å². The minimum Gasteiger partial charge on any atom is -0.497 e. The van der Waals surface area contributed by atoms with Crippen LogP contribution in [-0.4, -0.2) is 31.3 Å². The third-order valence-corrected chi connectivity index (χ3v) is 6.81. The maximum atomic E-state index is 13.4. The minimum absolute atomic E-state index is 0.254. The molecule has 0 unspecified atom stereocenters. The number of ether oxygens (including phenoxy) is 1. The van der Waals surface area contributed by atoms with Crippen molar-refractivity contribution in [2.75, 3.05) is 13.7 Å². The Morgan fingerprint density at radius 3 is 2.44 bits per heavy atom. The van der Waals surface area contributed by atoms with Gasteiger partial charge in [-0.1, -0.05) is 37.1 Å². The Bertz CT molecular complexity index is 912. The van der Waals surface area contributed by atoms with Crippen molar-refractivity contribution in [3.8, 4) is 5.75 Å². The van der Waals surface area contributed by atoms with Crippen LogP contribution in [0.25, 0.3) is 0 Å². The van der Waals surface area contributed by atoms with Crippen LogP contribution in [0.4, 0.5) is 5.69 Å². The fourth-order valence-corrected chi connectivity index (χ4v) is 5.32. The molecule has 2 aromatic rings. The van der Waals surface area contributed by atoms with Crippen LogP contribution in [0.5, 0.6) is 5.75 Å². The molecule has 1 heterocycles. The van der Waals surface area contributed by atoms with Crippen LogP contribution in [-0.2, 0) is 10.0 Å². The Hall–Kier alpha value is -2.45. The molecule has 0 aromatic heterocycles. The highest BCUT2D eigenvalue weighted by Gasteiger charge is 2.37. The van der Waals surface area contributed by atoms with Crippen molar-refractivity contribution in [2.45, 2.75) is 36.6 Å². The SMILES string of the molecule is COc1ccc([C@H]2CCCCCN2S(=O)(=O)c2ccccc2[N+](=O)[O-])cc1. The van der Waals surface area contributed by atoms with Gasteiger partial charge in [-0.05, 0) is 36.6 Å². The number of hydrogen-bond donors (Lipinski definition) is 0. The number of nitro groups is 1. The highest BCUT2D eigenvalue weighted by atomic mass is 32.2. The number of nitrogens with zero attached hydrogens (tertiary/aromatic N) is 2. The van der Waals surface area contributed by atoms with Gasteiger partial charge in [0.1, 0.15) is 5.75 Å². The van der Waals surface area contributed by atoms with Crippen LogP contribution in [0.2, 0.25) is 0 Å². The second-order valence-corrected chi connectivity index (χ2v) is 8.34. The predicted molar refractivity (Wildman–Crippen MR) is 101 cm³/mol. The van der Waals surface area contributed by atoms with Gasteiger partial charge in [0.2, 0.25) is 10.0 Å². The van der Waals surface area contributed by atoms with E-state index in [1.807, 2.05) is 12.1 Å². The van der Waals surface area contributed by atoms with Crippen LogP contribution in [0, 0.1) is 10.1 Å². The maximum Gasteiger partial charge on any atom is 0.289 e. The molecule has 1 fully saturated rings. The summed E-state index contributed by atoms with van der Waals surface area (Å²) in [7, 11) is -2.44. The highest BCUT2D eigenvalue weighted by molar-refractivity contribution is 7.89. The molecule has 0 radical (unpaired) electrons. The van der Waals surface area contributed by atoms with Crippen LogP contribution >= 0.6 is 0 Å². The largest absolute Gasteiger partial charge is 0.497 e. The summed E-state index contributed by atoms with van der Waals surface area (Å²) in [5.41, 5.74) is 0.468. The molecule has 1 aliphatic heterocycles. The molecular weight excluding hydrogens is 368 g/mol. The second-order valence-electron chi connectivity index (χ2n) is 6.48. The van der Waals surface area contributed by atoms with Crippen LogP contribution in [0.3, 0.4) is 0 Å². The first-order valence-electron chi connectivity index (χ1n) is 8.84. The number of methoxy groups -OCH3 is 1. The quantitative estimate of drug-likeness (QED) is 0.570. The fraction of sp³-hybridized carbons (Fsp3) is 0.368. The van der Waals surface area contributed by atoms with Gasteiger partial charge in [0.05, 0.1) is 18.1 Å². The third-order valence-electron chi connectivity index (χ3n) is 4.85. The van der Waals surface area contributed by atoms with E-state index >= 15 is 0 Å². The molecule has 1 aliphatic rings. The molecule has 7 nitrogen and oxygen atoms in total. The summed E-state index contributed by atoms with van der Waals surface area (Å²) in [5, 5.41) is 11.3. The van der Waals surface area contributed by atoms with Crippen LogP contribution < -0.4 is 4.74 Å². The van der Waals surface area contributed by atoms with E-state index in [-0.39, 0.29) is 10.9 Å². The zero-order chi connectivity index (χ0) is 19.4. The fourth-order valence-electron chi connectivity index (χ4n) is 3.48. The van der Waals surface area contributed by atoms with Crippen molar-refractivity contribution in [3.63, 3.8) is 0 Å². The first kappa shape index (κ1) is 19.3. The smallest absolute Gasteiger partial charge is 0.289 e. The molecule has 144 valence electrons. The zero-order valence-electron chi connectivity index (χ0n) is 15.1. The van der Waals surface area contributed by atoms with E-state index in [0.717, 1.165) is 24.8 Å². The lowest BCUT2D eigenvalue weighted by Gasteiger charge is -2.29. The third kappa shape index (κ3) is 3.96. The lowest BCUT2D eigenvalue weighted by atomic mass is 10.0. The normalized spacial score (nSPS) is 18.6. The molecule has 1 atom stereocenters. The van der Waals surface area contributed by atoms with E-state index in [4.69, 9.17) is 4.74 Å². The summed E-state index contributed by atoms with van der Waals surface area (Å²) in [4.78, 5) is 10.4. The summed E-state index contributed by atoms with van der Waals surface area (Å²) in [6.45, 7) is 0.338. The molecule has 0 N–H and O–H groups in total. The average Bonchev–Trinajstić information content (AvgIpc) is 2.94. The van der Waals surface area contributed by atoms with Crippen molar-refractivity contribution in [3.05, 3.63) is 64.2 Å². The lowest BCUT2D eigenvalue weighted by molar-refractivity contribution is -0.387. The van der Waals surface area contributed by atoms with Gasteiger partial charge >= 0.3 is 0 Å². The van der Waals surface area contributed by atoms with Crippen molar-refractivity contribution >= 4 is 15.7 Å². The summed E-state index contributed by atoms with van der Waals surface area (Å²) in [5.74, 6) is 0.695. The number of nitro benzene ring substituents is 1. The van der Waals surface area contributed by atoms with Crippen LogP contribution in [0.1, 0.15) is 37.3 Å². The molecule has 3 rings (SSSR count). The number of para-hydroxylation sites is 1. The molecule has 1 saturated heterocycles. The number of sulfonamides is 1. The van der Waals surface area contributed by atoms with Gasteiger partial charge in [0, 0.05) is 12.6 Å². The Kier molecular flexibility index (Phi) is 5.76. The summed E-state index contributed by atoms with van der Waals surface area (Å²) in [6.07, 6.45) is 3.23. The van der Waals surface area contributed by atoms with E-state index in [9.17, 15) is 18.5 Å². The second kappa shape index (κ2) is 8.06. The standard InChI is InChI=1S/C19H22N2O5S/c1-26-16-12-10-15(11-13-16)17-7-3-2-6-14-20(17)27(24,25)19-9-5-4-8-18(19)21(22)23/h4-5,8-13,17H,2-3,6-7,14H2,1H3/t17-/m1/s1. The molecule has 2 aromatic carbocycles. The van der Waals surface area contributed by atoms with Crippen molar-refractivity contribution < 1.29 is 18.1 Å². The van der Waals surface area contributed by atoms with Gasteiger partial charge in [-0.25, -0.2) is 8.42 Å².